The molecule has 0 aliphatic rings. The number of nitrogens with two attached hydrogens (primary N) is 1. The lowest BCUT2D eigenvalue weighted by Crippen LogP contribution is -2.25. The van der Waals surface area contributed by atoms with Crippen LogP contribution in [0.15, 0.2) is 23.1 Å². The molecule has 1 aromatic heterocycles. The Bertz CT molecular complexity index is 714. The van der Waals surface area contributed by atoms with E-state index in [1.54, 1.807) is 12.1 Å². The van der Waals surface area contributed by atoms with Crippen molar-refractivity contribution in [3.8, 4) is 0 Å². The molecule has 0 aliphatic heterocycles. The third-order valence-corrected chi connectivity index (χ3v) is 6.06. The van der Waals surface area contributed by atoms with Crippen molar-refractivity contribution in [2.45, 2.75) is 24.7 Å². The van der Waals surface area contributed by atoms with Crippen molar-refractivity contribution in [3.63, 3.8) is 0 Å². The number of unbranched alkanes of at least 4 members (excludes halogenated alkanes) is 1. The molecule has 0 atom stereocenters. The van der Waals surface area contributed by atoms with Crippen molar-refractivity contribution in [1.82, 2.24) is 4.72 Å². The van der Waals surface area contributed by atoms with E-state index in [0.29, 0.717) is 28.4 Å². The van der Waals surface area contributed by atoms with Gasteiger partial charge in [-0.15, -0.1) is 23.7 Å². The van der Waals surface area contributed by atoms with Gasteiger partial charge in [0.15, 0.2) is 0 Å². The number of sulfonamides is 1. The predicted molar refractivity (Wildman–Crippen MR) is 92.3 cm³/mol. The molecular formula is C13H18Cl2N2O2S2. The Morgan fingerprint density at radius 3 is 2.71 bits per heavy atom. The Morgan fingerprint density at radius 2 is 2.05 bits per heavy atom. The molecule has 1 aromatic carbocycles. The molecule has 21 heavy (non-hydrogen) atoms. The summed E-state index contributed by atoms with van der Waals surface area (Å²) in [6, 6.07) is 5.32. The van der Waals surface area contributed by atoms with E-state index in [9.17, 15) is 8.42 Å². The lowest BCUT2D eigenvalue weighted by molar-refractivity contribution is 0.578. The lowest BCUT2D eigenvalue weighted by Gasteiger charge is -2.07. The van der Waals surface area contributed by atoms with Crippen LogP contribution in [0.4, 0.5) is 0 Å². The Hall–Kier alpha value is -0.370. The zero-order chi connectivity index (χ0) is 14.8. The van der Waals surface area contributed by atoms with Gasteiger partial charge in [0.2, 0.25) is 10.0 Å². The first kappa shape index (κ1) is 18.7. The molecule has 3 N–H and O–H groups in total. The summed E-state index contributed by atoms with van der Waals surface area (Å²) in [5.74, 6) is 0. The molecule has 0 amide bonds. The second-order valence-electron chi connectivity index (χ2n) is 4.52. The molecule has 118 valence electrons. The SMILES string of the molecule is Cc1sc2ccc(Cl)cc2c1S(=O)(=O)NCCCCN.Cl. The van der Waals surface area contributed by atoms with Gasteiger partial charge in [0.1, 0.15) is 4.90 Å². The molecule has 0 saturated heterocycles. The Kier molecular flexibility index (Phi) is 6.90. The van der Waals surface area contributed by atoms with E-state index in [0.717, 1.165) is 22.4 Å². The van der Waals surface area contributed by atoms with Gasteiger partial charge in [-0.05, 0) is 44.5 Å². The number of benzene rings is 1. The Labute approximate surface area is 140 Å². The van der Waals surface area contributed by atoms with Crippen LogP contribution in [0.25, 0.3) is 10.1 Å². The quantitative estimate of drug-likeness (QED) is 0.768. The number of hydrogen-bond acceptors (Lipinski definition) is 4. The van der Waals surface area contributed by atoms with E-state index in [1.807, 2.05) is 13.0 Å². The molecule has 8 heteroatoms. The smallest absolute Gasteiger partial charge is 0.242 e. The topological polar surface area (TPSA) is 72.2 Å². The standard InChI is InChI=1S/C13H17ClN2O2S2.ClH/c1-9-13(20(17,18)16-7-3-2-6-15)11-8-10(14)4-5-12(11)19-9;/h4-5,8,16H,2-3,6-7,15H2,1H3;1H. The van der Waals surface area contributed by atoms with Gasteiger partial charge >= 0.3 is 0 Å². The highest BCUT2D eigenvalue weighted by atomic mass is 35.5. The minimum atomic E-state index is -3.51. The summed E-state index contributed by atoms with van der Waals surface area (Å²) in [6.07, 6.45) is 1.54. The molecule has 0 spiro atoms. The van der Waals surface area contributed by atoms with Crippen molar-refractivity contribution in [1.29, 1.82) is 0 Å². The fraction of sp³-hybridized carbons (Fsp3) is 0.385. The average Bonchev–Trinajstić information content (AvgIpc) is 2.70. The van der Waals surface area contributed by atoms with Crippen molar-refractivity contribution < 1.29 is 8.42 Å². The first-order valence-electron chi connectivity index (χ1n) is 6.34. The van der Waals surface area contributed by atoms with Crippen LogP contribution in [0.5, 0.6) is 0 Å². The van der Waals surface area contributed by atoms with E-state index >= 15 is 0 Å². The molecule has 0 saturated carbocycles. The van der Waals surface area contributed by atoms with Gasteiger partial charge < -0.3 is 5.73 Å². The van der Waals surface area contributed by atoms with Gasteiger partial charge in [0, 0.05) is 26.5 Å². The van der Waals surface area contributed by atoms with Gasteiger partial charge in [-0.1, -0.05) is 11.6 Å². The average molecular weight is 369 g/mol. The molecule has 1 heterocycles. The highest BCUT2D eigenvalue weighted by Crippen LogP contribution is 2.35. The number of aryl methyl sites for hydroxylation is 1. The molecular weight excluding hydrogens is 351 g/mol. The molecule has 0 radical (unpaired) electrons. The zero-order valence-electron chi connectivity index (χ0n) is 11.6. The summed E-state index contributed by atoms with van der Waals surface area (Å²) < 4.78 is 28.4. The van der Waals surface area contributed by atoms with Crippen LogP contribution in [0.2, 0.25) is 5.02 Å². The second-order valence-corrected chi connectivity index (χ2v) is 7.92. The normalized spacial score (nSPS) is 11.6. The molecule has 4 nitrogen and oxygen atoms in total. The monoisotopic (exact) mass is 368 g/mol. The Morgan fingerprint density at radius 1 is 1.33 bits per heavy atom. The van der Waals surface area contributed by atoms with Crippen LogP contribution in [-0.4, -0.2) is 21.5 Å². The summed E-state index contributed by atoms with van der Waals surface area (Å²) in [5, 5.41) is 1.22. The molecule has 2 rings (SSSR count). The molecule has 0 unspecified atom stereocenters. The molecule has 0 aliphatic carbocycles. The van der Waals surface area contributed by atoms with Gasteiger partial charge in [0.05, 0.1) is 0 Å². The van der Waals surface area contributed by atoms with Crippen molar-refractivity contribution in [2.75, 3.05) is 13.1 Å². The molecule has 2 aromatic rings. The van der Waals surface area contributed by atoms with Crippen LogP contribution in [0.1, 0.15) is 17.7 Å². The predicted octanol–water partition coefficient (Wildman–Crippen LogP) is 3.30. The highest BCUT2D eigenvalue weighted by Gasteiger charge is 2.22. The van der Waals surface area contributed by atoms with Gasteiger partial charge in [0.25, 0.3) is 0 Å². The van der Waals surface area contributed by atoms with Crippen LogP contribution >= 0.6 is 35.3 Å². The second kappa shape index (κ2) is 7.76. The third kappa shape index (κ3) is 4.31. The van der Waals surface area contributed by atoms with Crippen molar-refractivity contribution in [3.05, 3.63) is 28.1 Å². The van der Waals surface area contributed by atoms with Crippen LogP contribution in [0.3, 0.4) is 0 Å². The summed E-state index contributed by atoms with van der Waals surface area (Å²) in [6.45, 7) is 2.78. The summed E-state index contributed by atoms with van der Waals surface area (Å²) in [7, 11) is -3.51. The lowest BCUT2D eigenvalue weighted by atomic mass is 10.2. The maximum Gasteiger partial charge on any atom is 0.242 e. The summed E-state index contributed by atoms with van der Waals surface area (Å²) in [4.78, 5) is 1.11. The van der Waals surface area contributed by atoms with Crippen molar-refractivity contribution in [2.24, 2.45) is 5.73 Å². The number of hydrogen-bond donors (Lipinski definition) is 2. The van der Waals surface area contributed by atoms with Crippen molar-refractivity contribution >= 4 is 55.5 Å². The third-order valence-electron chi connectivity index (χ3n) is 2.96. The largest absolute Gasteiger partial charge is 0.330 e. The fourth-order valence-corrected chi connectivity index (χ4v) is 5.08. The van der Waals surface area contributed by atoms with Gasteiger partial charge in [-0.2, -0.15) is 0 Å². The highest BCUT2D eigenvalue weighted by molar-refractivity contribution is 7.90. The van der Waals surface area contributed by atoms with Crippen LogP contribution in [0, 0.1) is 6.92 Å². The van der Waals surface area contributed by atoms with E-state index in [-0.39, 0.29) is 12.4 Å². The minimum absolute atomic E-state index is 0. The van der Waals surface area contributed by atoms with Crippen LogP contribution < -0.4 is 10.5 Å². The number of rotatable bonds is 6. The summed E-state index contributed by atoms with van der Waals surface area (Å²) in [5.41, 5.74) is 5.40. The number of fused-ring (bicyclic) bond motifs is 1. The number of thiophene rings is 1. The minimum Gasteiger partial charge on any atom is -0.330 e. The maximum absolute atomic E-state index is 12.4. The van der Waals surface area contributed by atoms with Crippen LogP contribution in [-0.2, 0) is 10.0 Å². The maximum atomic E-state index is 12.4. The van der Waals surface area contributed by atoms with E-state index in [4.69, 9.17) is 17.3 Å². The van der Waals surface area contributed by atoms with E-state index in [1.165, 1.54) is 11.3 Å². The number of halogens is 2. The van der Waals surface area contributed by atoms with Gasteiger partial charge in [-0.25, -0.2) is 13.1 Å². The molecule has 0 bridgehead atoms. The van der Waals surface area contributed by atoms with E-state index < -0.39 is 10.0 Å². The number of nitrogens with one attached hydrogen (secondary N) is 1. The first-order valence-corrected chi connectivity index (χ1v) is 9.02. The molecule has 0 fully saturated rings. The fourth-order valence-electron chi connectivity index (χ4n) is 2.05. The van der Waals surface area contributed by atoms with E-state index in [2.05, 4.69) is 4.72 Å². The Balaban J connectivity index is 0.00000220. The zero-order valence-corrected chi connectivity index (χ0v) is 14.8. The van der Waals surface area contributed by atoms with Gasteiger partial charge in [-0.3, -0.25) is 0 Å². The summed E-state index contributed by atoms with van der Waals surface area (Å²) >= 11 is 7.43. The first-order chi connectivity index (χ1) is 9.45.